The number of alkyl carbamates (subject to hydrolysis) is 2. The van der Waals surface area contributed by atoms with Crippen molar-refractivity contribution in [2.24, 2.45) is 0 Å². The van der Waals surface area contributed by atoms with Crippen LogP contribution >= 0.6 is 0 Å². The summed E-state index contributed by atoms with van der Waals surface area (Å²) in [6, 6.07) is 0. The molecule has 2 atom stereocenters. The molecule has 0 aromatic rings. The summed E-state index contributed by atoms with van der Waals surface area (Å²) in [5.41, 5.74) is 0. The first-order valence-corrected chi connectivity index (χ1v) is 8.70. The Kier molecular flexibility index (Phi) is 11.0. The van der Waals surface area contributed by atoms with Gasteiger partial charge in [0.15, 0.2) is 0 Å². The number of hydrogen-bond acceptors (Lipinski definition) is 6. The highest BCUT2D eigenvalue weighted by Crippen LogP contribution is 2.08. The molecule has 0 aromatic heterocycles. The maximum absolute atomic E-state index is 11.2. The van der Waals surface area contributed by atoms with E-state index < -0.39 is 12.2 Å². The second kappa shape index (κ2) is 12.8. The van der Waals surface area contributed by atoms with Crippen LogP contribution in [0.1, 0.15) is 39.5 Å². The van der Waals surface area contributed by atoms with Crippen LogP contribution in [-0.4, -0.2) is 63.9 Å². The molecule has 2 N–H and O–H groups in total. The van der Waals surface area contributed by atoms with Gasteiger partial charge in [-0.15, -0.1) is 0 Å². The van der Waals surface area contributed by atoms with Crippen molar-refractivity contribution in [3.05, 3.63) is 0 Å². The van der Waals surface area contributed by atoms with Crippen LogP contribution in [0.25, 0.3) is 0 Å². The SMILES string of the molecule is CCCC.O=C(NCCCCNC(=O)OCC1CO1)OCC1CO1. The molecule has 2 aliphatic rings. The van der Waals surface area contributed by atoms with Gasteiger partial charge in [0, 0.05) is 13.1 Å². The zero-order valence-electron chi connectivity index (χ0n) is 14.7. The van der Waals surface area contributed by atoms with E-state index in [1.165, 1.54) is 12.8 Å². The second-order valence-electron chi connectivity index (χ2n) is 5.67. The average molecular weight is 346 g/mol. The maximum Gasteiger partial charge on any atom is 0.407 e. The van der Waals surface area contributed by atoms with E-state index in [9.17, 15) is 9.59 Å². The molecule has 2 fully saturated rings. The lowest BCUT2D eigenvalue weighted by atomic mass is 10.3. The minimum Gasteiger partial charge on any atom is -0.447 e. The number of ether oxygens (including phenoxy) is 4. The van der Waals surface area contributed by atoms with Gasteiger partial charge in [0.1, 0.15) is 25.4 Å². The number of hydrogen-bond donors (Lipinski definition) is 2. The van der Waals surface area contributed by atoms with E-state index in [1.807, 2.05) is 0 Å². The Labute approximate surface area is 143 Å². The molecule has 140 valence electrons. The molecule has 0 radical (unpaired) electrons. The van der Waals surface area contributed by atoms with Crippen molar-refractivity contribution in [2.75, 3.05) is 39.5 Å². The number of rotatable bonds is 10. The standard InChI is InChI=1S/C12H20N2O6.C4H10/c15-11(19-7-9-5-17-9)13-3-1-2-4-14-12(16)20-8-10-6-18-10;1-3-4-2/h9-10H,1-8H2,(H,13,15)(H,14,16);3-4H2,1-2H3. The summed E-state index contributed by atoms with van der Waals surface area (Å²) in [6.07, 6.45) is 3.44. The molecule has 2 unspecified atom stereocenters. The molecular formula is C16H30N2O6. The highest BCUT2D eigenvalue weighted by atomic mass is 16.6. The first-order valence-electron chi connectivity index (χ1n) is 8.70. The summed E-state index contributed by atoms with van der Waals surface area (Å²) in [7, 11) is 0. The van der Waals surface area contributed by atoms with E-state index in [4.69, 9.17) is 18.9 Å². The number of unbranched alkanes of at least 4 members (excludes halogenated alkanes) is 2. The zero-order valence-corrected chi connectivity index (χ0v) is 14.7. The molecule has 2 amide bonds. The largest absolute Gasteiger partial charge is 0.447 e. The van der Waals surface area contributed by atoms with Crippen molar-refractivity contribution in [3.8, 4) is 0 Å². The topological polar surface area (TPSA) is 102 Å². The Morgan fingerprint density at radius 1 is 0.875 bits per heavy atom. The Hall–Kier alpha value is -1.54. The molecule has 0 saturated carbocycles. The van der Waals surface area contributed by atoms with Crippen LogP contribution in [0, 0.1) is 0 Å². The molecule has 2 aliphatic heterocycles. The van der Waals surface area contributed by atoms with Crippen LogP contribution < -0.4 is 10.6 Å². The molecule has 0 aromatic carbocycles. The van der Waals surface area contributed by atoms with Crippen LogP contribution in [0.5, 0.6) is 0 Å². The van der Waals surface area contributed by atoms with E-state index in [0.29, 0.717) is 39.5 Å². The highest BCUT2D eigenvalue weighted by molar-refractivity contribution is 5.67. The van der Waals surface area contributed by atoms with Gasteiger partial charge >= 0.3 is 12.2 Å². The van der Waals surface area contributed by atoms with Crippen molar-refractivity contribution >= 4 is 12.2 Å². The Morgan fingerprint density at radius 2 is 1.25 bits per heavy atom. The van der Waals surface area contributed by atoms with Gasteiger partial charge in [-0.1, -0.05) is 26.7 Å². The molecule has 0 spiro atoms. The summed E-state index contributed by atoms with van der Waals surface area (Å²) in [4.78, 5) is 22.4. The van der Waals surface area contributed by atoms with Gasteiger partial charge in [0.25, 0.3) is 0 Å². The number of epoxide rings is 2. The Balaban J connectivity index is 0.000000648. The monoisotopic (exact) mass is 346 g/mol. The van der Waals surface area contributed by atoms with Crippen LogP contribution in [0.2, 0.25) is 0 Å². The van der Waals surface area contributed by atoms with Gasteiger partial charge < -0.3 is 29.6 Å². The third-order valence-corrected chi connectivity index (χ3v) is 3.25. The normalized spacial score (nSPS) is 20.2. The lowest BCUT2D eigenvalue weighted by Crippen LogP contribution is -2.29. The van der Waals surface area contributed by atoms with Crippen molar-refractivity contribution in [3.63, 3.8) is 0 Å². The summed E-state index contributed by atoms with van der Waals surface area (Å²) < 4.78 is 19.6. The quantitative estimate of drug-likeness (QED) is 0.462. The van der Waals surface area contributed by atoms with E-state index in [2.05, 4.69) is 24.5 Å². The van der Waals surface area contributed by atoms with Crippen molar-refractivity contribution < 1.29 is 28.5 Å². The van der Waals surface area contributed by atoms with E-state index in [-0.39, 0.29) is 12.2 Å². The number of nitrogens with one attached hydrogen (secondary N) is 2. The molecule has 24 heavy (non-hydrogen) atoms. The number of carbonyl (C=O) groups is 2. The molecule has 2 saturated heterocycles. The second-order valence-corrected chi connectivity index (χ2v) is 5.67. The lowest BCUT2D eigenvalue weighted by Gasteiger charge is -2.07. The Bertz CT molecular complexity index is 324. The van der Waals surface area contributed by atoms with Gasteiger partial charge in [0.2, 0.25) is 0 Å². The molecule has 2 rings (SSSR count). The molecule has 8 heteroatoms. The first kappa shape index (κ1) is 20.5. The maximum atomic E-state index is 11.2. The van der Waals surface area contributed by atoms with E-state index >= 15 is 0 Å². The van der Waals surface area contributed by atoms with Crippen molar-refractivity contribution in [1.29, 1.82) is 0 Å². The average Bonchev–Trinajstić information content (AvgIpc) is 3.48. The van der Waals surface area contributed by atoms with Gasteiger partial charge in [-0.05, 0) is 12.8 Å². The van der Waals surface area contributed by atoms with Gasteiger partial charge in [-0.3, -0.25) is 0 Å². The zero-order chi connectivity index (χ0) is 17.6. The summed E-state index contributed by atoms with van der Waals surface area (Å²) in [5, 5.41) is 5.25. The minimum absolute atomic E-state index is 0.0806. The summed E-state index contributed by atoms with van der Waals surface area (Å²) in [6.45, 7) is 7.34. The highest BCUT2D eigenvalue weighted by Gasteiger charge is 2.24. The third kappa shape index (κ3) is 13.0. The number of carbonyl (C=O) groups excluding carboxylic acids is 2. The van der Waals surface area contributed by atoms with Crippen LogP contribution in [0.3, 0.4) is 0 Å². The smallest absolute Gasteiger partial charge is 0.407 e. The van der Waals surface area contributed by atoms with Gasteiger partial charge in [-0.25, -0.2) is 9.59 Å². The van der Waals surface area contributed by atoms with E-state index in [0.717, 1.165) is 12.8 Å². The van der Waals surface area contributed by atoms with Crippen LogP contribution in [0.4, 0.5) is 9.59 Å². The van der Waals surface area contributed by atoms with Gasteiger partial charge in [-0.2, -0.15) is 0 Å². The van der Waals surface area contributed by atoms with Crippen molar-refractivity contribution in [1.82, 2.24) is 10.6 Å². The molecule has 0 bridgehead atoms. The first-order chi connectivity index (χ1) is 11.7. The summed E-state index contributed by atoms with van der Waals surface area (Å²) >= 11 is 0. The molecule has 2 heterocycles. The van der Waals surface area contributed by atoms with Crippen LogP contribution in [-0.2, 0) is 18.9 Å². The fraction of sp³-hybridized carbons (Fsp3) is 0.875. The predicted octanol–water partition coefficient (Wildman–Crippen LogP) is 1.82. The lowest BCUT2D eigenvalue weighted by molar-refractivity contribution is 0.134. The number of amides is 2. The molecular weight excluding hydrogens is 316 g/mol. The fourth-order valence-electron chi connectivity index (χ4n) is 1.40. The van der Waals surface area contributed by atoms with E-state index in [1.54, 1.807) is 0 Å². The van der Waals surface area contributed by atoms with Gasteiger partial charge in [0.05, 0.1) is 13.2 Å². The minimum atomic E-state index is -0.433. The molecule has 0 aliphatic carbocycles. The third-order valence-electron chi connectivity index (χ3n) is 3.25. The van der Waals surface area contributed by atoms with Crippen LogP contribution in [0.15, 0.2) is 0 Å². The molecule has 8 nitrogen and oxygen atoms in total. The fourth-order valence-corrected chi connectivity index (χ4v) is 1.40. The van der Waals surface area contributed by atoms with Crippen molar-refractivity contribution in [2.45, 2.75) is 51.7 Å². The predicted molar refractivity (Wildman–Crippen MR) is 88.0 cm³/mol. The Morgan fingerprint density at radius 3 is 1.54 bits per heavy atom. The summed E-state index contributed by atoms with van der Waals surface area (Å²) in [5.74, 6) is 0.